The van der Waals surface area contributed by atoms with E-state index in [2.05, 4.69) is 9.88 Å². The average molecular weight is 312 g/mol. The van der Waals surface area contributed by atoms with Crippen molar-refractivity contribution in [3.8, 4) is 5.88 Å². The lowest BCUT2D eigenvalue weighted by Gasteiger charge is -2.32. The summed E-state index contributed by atoms with van der Waals surface area (Å²) in [5.41, 5.74) is 1.14. The Morgan fingerprint density at radius 1 is 1.43 bits per heavy atom. The maximum Gasteiger partial charge on any atom is 0.213 e. The number of hydrogen-bond donors (Lipinski definition) is 0. The van der Waals surface area contributed by atoms with E-state index in [0.717, 1.165) is 38.0 Å². The summed E-state index contributed by atoms with van der Waals surface area (Å²) < 4.78 is 28.2. The summed E-state index contributed by atoms with van der Waals surface area (Å²) in [5.74, 6) is 1.20. The van der Waals surface area contributed by atoms with E-state index in [1.807, 2.05) is 25.3 Å². The number of nitrogens with zero attached hydrogens (tertiary/aromatic N) is 2. The highest BCUT2D eigenvalue weighted by Crippen LogP contribution is 2.20. The molecule has 21 heavy (non-hydrogen) atoms. The Balaban J connectivity index is 1.90. The molecular formula is C15H24N2O3S. The van der Waals surface area contributed by atoms with E-state index in [0.29, 0.717) is 18.2 Å². The first-order valence-electron chi connectivity index (χ1n) is 7.44. The van der Waals surface area contributed by atoms with Gasteiger partial charge in [0.15, 0.2) is 0 Å². The number of aromatic nitrogens is 1. The molecule has 1 aliphatic heterocycles. The maximum atomic E-state index is 11.4. The predicted molar refractivity (Wildman–Crippen MR) is 83.1 cm³/mol. The van der Waals surface area contributed by atoms with Crippen molar-refractivity contribution in [1.82, 2.24) is 9.88 Å². The maximum absolute atomic E-state index is 11.4. The van der Waals surface area contributed by atoms with E-state index in [4.69, 9.17) is 4.74 Å². The van der Waals surface area contributed by atoms with Crippen molar-refractivity contribution < 1.29 is 13.2 Å². The number of piperidine rings is 1. The van der Waals surface area contributed by atoms with Gasteiger partial charge in [-0.15, -0.1) is 0 Å². The van der Waals surface area contributed by atoms with Gasteiger partial charge >= 0.3 is 0 Å². The van der Waals surface area contributed by atoms with Gasteiger partial charge in [0, 0.05) is 31.6 Å². The quantitative estimate of drug-likeness (QED) is 0.801. The molecule has 1 aliphatic rings. The van der Waals surface area contributed by atoms with Crippen LogP contribution in [0.2, 0.25) is 0 Å². The fraction of sp³-hybridized carbons (Fsp3) is 0.667. The van der Waals surface area contributed by atoms with Gasteiger partial charge in [-0.05, 0) is 37.8 Å². The smallest absolute Gasteiger partial charge is 0.213 e. The molecule has 0 amide bonds. The SMILES string of the molecule is CCOc1ccc(CN2CCC[C@@H](CS(C)(=O)=O)C2)cn1. The molecule has 0 N–H and O–H groups in total. The van der Waals surface area contributed by atoms with Crippen LogP contribution >= 0.6 is 0 Å². The molecule has 118 valence electrons. The van der Waals surface area contributed by atoms with Crippen molar-refractivity contribution in [2.75, 3.05) is 31.7 Å². The Morgan fingerprint density at radius 3 is 2.86 bits per heavy atom. The zero-order chi connectivity index (χ0) is 15.3. The molecule has 0 aromatic carbocycles. The number of likely N-dealkylation sites (tertiary alicyclic amines) is 1. The molecule has 2 heterocycles. The highest BCUT2D eigenvalue weighted by molar-refractivity contribution is 7.90. The lowest BCUT2D eigenvalue weighted by Crippen LogP contribution is -2.37. The summed E-state index contributed by atoms with van der Waals surface area (Å²) in [5, 5.41) is 0. The monoisotopic (exact) mass is 312 g/mol. The molecule has 0 bridgehead atoms. The third kappa shape index (κ3) is 5.63. The zero-order valence-electron chi connectivity index (χ0n) is 12.8. The predicted octanol–water partition coefficient (Wildman–Crippen LogP) is 1.74. The minimum absolute atomic E-state index is 0.254. The molecule has 6 heteroatoms. The third-order valence-corrected chi connectivity index (χ3v) is 4.71. The van der Waals surface area contributed by atoms with E-state index < -0.39 is 9.84 Å². The van der Waals surface area contributed by atoms with Gasteiger partial charge in [-0.3, -0.25) is 4.90 Å². The second kappa shape index (κ2) is 7.22. The summed E-state index contributed by atoms with van der Waals surface area (Å²) in [7, 11) is -2.89. The second-order valence-corrected chi connectivity index (χ2v) is 7.96. The number of rotatable bonds is 6. The van der Waals surface area contributed by atoms with Crippen molar-refractivity contribution in [1.29, 1.82) is 0 Å². The van der Waals surface area contributed by atoms with Gasteiger partial charge in [-0.25, -0.2) is 13.4 Å². The Bertz CT molecular complexity index is 543. The summed E-state index contributed by atoms with van der Waals surface area (Å²) in [6.07, 6.45) is 5.23. The zero-order valence-corrected chi connectivity index (χ0v) is 13.6. The lowest BCUT2D eigenvalue weighted by molar-refractivity contribution is 0.177. The van der Waals surface area contributed by atoms with Crippen LogP contribution in [-0.4, -0.2) is 50.0 Å². The van der Waals surface area contributed by atoms with E-state index in [1.165, 1.54) is 6.26 Å². The van der Waals surface area contributed by atoms with Crippen molar-refractivity contribution in [2.24, 2.45) is 5.92 Å². The third-order valence-electron chi connectivity index (χ3n) is 3.64. The normalized spacial score (nSPS) is 20.4. The van der Waals surface area contributed by atoms with Crippen molar-refractivity contribution in [2.45, 2.75) is 26.3 Å². The Labute approximate surface area is 127 Å². The van der Waals surface area contributed by atoms with Crippen LogP contribution in [0.25, 0.3) is 0 Å². The van der Waals surface area contributed by atoms with Crippen molar-refractivity contribution >= 4 is 9.84 Å². The van der Waals surface area contributed by atoms with Crippen LogP contribution in [0.1, 0.15) is 25.3 Å². The van der Waals surface area contributed by atoms with Gasteiger partial charge in [-0.1, -0.05) is 6.07 Å². The van der Waals surface area contributed by atoms with Crippen molar-refractivity contribution in [3.05, 3.63) is 23.9 Å². The highest BCUT2D eigenvalue weighted by atomic mass is 32.2. The molecule has 1 fully saturated rings. The molecule has 1 aromatic heterocycles. The molecular weight excluding hydrogens is 288 g/mol. The Morgan fingerprint density at radius 2 is 2.24 bits per heavy atom. The lowest BCUT2D eigenvalue weighted by atomic mass is 10.00. The van der Waals surface area contributed by atoms with Gasteiger partial charge in [0.2, 0.25) is 5.88 Å². The van der Waals surface area contributed by atoms with Gasteiger partial charge in [0.1, 0.15) is 9.84 Å². The number of sulfone groups is 1. The van der Waals surface area contributed by atoms with Crippen LogP contribution in [0.5, 0.6) is 5.88 Å². The van der Waals surface area contributed by atoms with Gasteiger partial charge < -0.3 is 4.74 Å². The first-order valence-corrected chi connectivity index (χ1v) is 9.50. The summed E-state index contributed by atoms with van der Waals surface area (Å²) in [6.45, 7) is 5.24. The molecule has 0 spiro atoms. The Hall–Kier alpha value is -1.14. The van der Waals surface area contributed by atoms with Crippen LogP contribution in [-0.2, 0) is 16.4 Å². The number of hydrogen-bond acceptors (Lipinski definition) is 5. The molecule has 1 atom stereocenters. The highest BCUT2D eigenvalue weighted by Gasteiger charge is 2.23. The topological polar surface area (TPSA) is 59.5 Å². The van der Waals surface area contributed by atoms with Crippen LogP contribution in [0.3, 0.4) is 0 Å². The second-order valence-electron chi connectivity index (χ2n) is 5.77. The first-order chi connectivity index (χ1) is 9.96. The van der Waals surface area contributed by atoms with E-state index in [1.54, 1.807) is 0 Å². The van der Waals surface area contributed by atoms with E-state index in [9.17, 15) is 8.42 Å². The van der Waals surface area contributed by atoms with Crippen LogP contribution in [0.15, 0.2) is 18.3 Å². The van der Waals surface area contributed by atoms with Crippen LogP contribution < -0.4 is 4.74 Å². The summed E-state index contributed by atoms with van der Waals surface area (Å²) in [6, 6.07) is 3.91. The van der Waals surface area contributed by atoms with Crippen LogP contribution in [0.4, 0.5) is 0 Å². The molecule has 1 saturated heterocycles. The fourth-order valence-electron chi connectivity index (χ4n) is 2.86. The molecule has 0 saturated carbocycles. The number of pyridine rings is 1. The van der Waals surface area contributed by atoms with E-state index >= 15 is 0 Å². The molecule has 2 rings (SSSR count). The minimum Gasteiger partial charge on any atom is -0.478 e. The number of ether oxygens (including phenoxy) is 1. The average Bonchev–Trinajstić information content (AvgIpc) is 2.40. The van der Waals surface area contributed by atoms with Gasteiger partial charge in [0.25, 0.3) is 0 Å². The van der Waals surface area contributed by atoms with Gasteiger partial charge in [-0.2, -0.15) is 0 Å². The first kappa shape index (κ1) is 16.2. The van der Waals surface area contributed by atoms with Crippen LogP contribution in [0, 0.1) is 5.92 Å². The fourth-order valence-corrected chi connectivity index (χ4v) is 3.98. The van der Waals surface area contributed by atoms with E-state index in [-0.39, 0.29) is 5.92 Å². The Kier molecular flexibility index (Phi) is 5.58. The minimum atomic E-state index is -2.89. The molecule has 0 radical (unpaired) electrons. The summed E-state index contributed by atoms with van der Waals surface area (Å²) in [4.78, 5) is 6.58. The molecule has 0 aliphatic carbocycles. The largest absolute Gasteiger partial charge is 0.478 e. The summed E-state index contributed by atoms with van der Waals surface area (Å²) >= 11 is 0. The van der Waals surface area contributed by atoms with Crippen molar-refractivity contribution in [3.63, 3.8) is 0 Å². The molecule has 1 aromatic rings. The standard InChI is InChI=1S/C15H24N2O3S/c1-3-20-15-7-6-13(9-16-15)10-17-8-4-5-14(11-17)12-21(2,18)19/h6-7,9,14H,3-5,8,10-12H2,1-2H3/t14-/m1/s1. The van der Waals surface area contributed by atoms with Gasteiger partial charge in [0.05, 0.1) is 12.4 Å². The molecule has 0 unspecified atom stereocenters. The molecule has 5 nitrogen and oxygen atoms in total.